The van der Waals surface area contributed by atoms with Gasteiger partial charge in [-0.15, -0.1) is 0 Å². The maximum absolute atomic E-state index is 5.18. The average molecular weight is 177 g/mol. The summed E-state index contributed by atoms with van der Waals surface area (Å²) in [7, 11) is 0. The molecule has 1 aliphatic heterocycles. The van der Waals surface area contributed by atoms with Gasteiger partial charge in [0.1, 0.15) is 0 Å². The smallest absolute Gasteiger partial charge is 0.0464 e. The van der Waals surface area contributed by atoms with E-state index in [4.69, 9.17) is 12.2 Å². The van der Waals surface area contributed by atoms with Gasteiger partial charge in [0.15, 0.2) is 0 Å². The van der Waals surface area contributed by atoms with Crippen molar-refractivity contribution in [2.45, 2.75) is 12.8 Å². The molecule has 12 heavy (non-hydrogen) atoms. The summed E-state index contributed by atoms with van der Waals surface area (Å²) in [6.45, 7) is 0.854. The van der Waals surface area contributed by atoms with Crippen molar-refractivity contribution < 1.29 is 0 Å². The second-order valence-electron chi connectivity index (χ2n) is 3.05. The molecule has 0 spiro atoms. The van der Waals surface area contributed by atoms with Gasteiger partial charge in [0.05, 0.1) is 0 Å². The van der Waals surface area contributed by atoms with Crippen molar-refractivity contribution >= 4 is 22.8 Å². The predicted molar refractivity (Wildman–Crippen MR) is 55.9 cm³/mol. The number of anilines is 1. The van der Waals surface area contributed by atoms with Crippen LogP contribution in [-0.2, 0) is 6.42 Å². The Kier molecular flexibility index (Phi) is 2.09. The third kappa shape index (κ3) is 1.48. The van der Waals surface area contributed by atoms with Crippen LogP contribution in [0, 0.1) is 0 Å². The van der Waals surface area contributed by atoms with Crippen LogP contribution in [0.25, 0.3) is 0 Å². The third-order valence-corrected chi connectivity index (χ3v) is 2.52. The quantitative estimate of drug-likeness (QED) is 0.611. The molecule has 0 saturated heterocycles. The Morgan fingerprint density at radius 2 is 2.00 bits per heavy atom. The Labute approximate surface area is 77.8 Å². The fourth-order valence-corrected chi connectivity index (χ4v) is 1.64. The number of aryl methyl sites for hydroxylation is 1. The van der Waals surface area contributed by atoms with Gasteiger partial charge in [0.2, 0.25) is 0 Å². The van der Waals surface area contributed by atoms with E-state index in [9.17, 15) is 0 Å². The van der Waals surface area contributed by atoms with Crippen LogP contribution >= 0.6 is 12.2 Å². The summed E-state index contributed by atoms with van der Waals surface area (Å²) in [6.07, 6.45) is 2.13. The van der Waals surface area contributed by atoms with Crippen molar-refractivity contribution in [3.8, 4) is 0 Å². The van der Waals surface area contributed by atoms with Gasteiger partial charge in [-0.05, 0) is 24.5 Å². The van der Waals surface area contributed by atoms with Gasteiger partial charge in [0.25, 0.3) is 0 Å². The first-order valence-electron chi connectivity index (χ1n) is 4.20. The largest absolute Gasteiger partial charge is 0.380 e. The minimum atomic E-state index is 0.854. The number of benzene rings is 1. The molecule has 0 saturated carbocycles. The normalized spacial score (nSPS) is 16.2. The molecule has 0 atom stereocenters. The number of hydrogen-bond donors (Lipinski definition) is 1. The molecule has 1 aromatic rings. The van der Waals surface area contributed by atoms with E-state index >= 15 is 0 Å². The summed E-state index contributed by atoms with van der Waals surface area (Å²) in [5, 5.41) is 3.33. The zero-order valence-corrected chi connectivity index (χ0v) is 7.66. The molecule has 1 nitrogen and oxygen atoms in total. The van der Waals surface area contributed by atoms with Crippen LogP contribution in [0.1, 0.15) is 12.0 Å². The van der Waals surface area contributed by atoms with E-state index in [-0.39, 0.29) is 0 Å². The van der Waals surface area contributed by atoms with Gasteiger partial charge in [-0.1, -0.05) is 30.4 Å². The number of nitrogens with one attached hydrogen (secondary N) is 1. The summed E-state index contributed by atoms with van der Waals surface area (Å²) >= 11 is 5.18. The van der Waals surface area contributed by atoms with Crippen molar-refractivity contribution in [3.63, 3.8) is 0 Å². The lowest BCUT2D eigenvalue weighted by Gasteiger charge is -2.04. The summed E-state index contributed by atoms with van der Waals surface area (Å²) in [5.41, 5.74) is 2.63. The van der Waals surface area contributed by atoms with Gasteiger partial charge in [-0.25, -0.2) is 0 Å². The number of para-hydroxylation sites is 1. The summed E-state index contributed by atoms with van der Waals surface area (Å²) < 4.78 is 0. The standard InChI is InChI=1S/C10H11NS/c12-9-6-5-8-3-1-2-4-10(8)11-7-9/h1-4,11H,5-7H2. The molecule has 1 aliphatic rings. The van der Waals surface area contributed by atoms with Gasteiger partial charge in [-0.2, -0.15) is 0 Å². The zero-order chi connectivity index (χ0) is 8.39. The van der Waals surface area contributed by atoms with E-state index in [1.165, 1.54) is 11.3 Å². The van der Waals surface area contributed by atoms with Crippen molar-refractivity contribution in [1.29, 1.82) is 0 Å². The Morgan fingerprint density at radius 1 is 1.17 bits per heavy atom. The first-order chi connectivity index (χ1) is 5.86. The molecule has 0 radical (unpaired) electrons. The first kappa shape index (κ1) is 7.74. The molecular formula is C10H11NS. The third-order valence-electron chi connectivity index (χ3n) is 2.17. The molecule has 1 aromatic carbocycles. The van der Waals surface area contributed by atoms with Gasteiger partial charge < -0.3 is 5.32 Å². The number of hydrogen-bond acceptors (Lipinski definition) is 2. The second-order valence-corrected chi connectivity index (χ2v) is 3.63. The van der Waals surface area contributed by atoms with E-state index < -0.39 is 0 Å². The monoisotopic (exact) mass is 177 g/mol. The Bertz CT molecular complexity index is 277. The molecule has 0 amide bonds. The first-order valence-corrected chi connectivity index (χ1v) is 4.60. The van der Waals surface area contributed by atoms with E-state index in [1.54, 1.807) is 0 Å². The molecule has 0 fully saturated rings. The van der Waals surface area contributed by atoms with Gasteiger partial charge in [-0.3, -0.25) is 0 Å². The molecule has 62 valence electrons. The lowest BCUT2D eigenvalue weighted by molar-refractivity contribution is 1.06. The van der Waals surface area contributed by atoms with Gasteiger partial charge in [0, 0.05) is 17.1 Å². The zero-order valence-electron chi connectivity index (χ0n) is 6.84. The summed E-state index contributed by atoms with van der Waals surface area (Å²) in [5.74, 6) is 0. The molecule has 0 aromatic heterocycles. The lowest BCUT2D eigenvalue weighted by atomic mass is 10.1. The van der Waals surface area contributed by atoms with E-state index in [1.807, 2.05) is 0 Å². The van der Waals surface area contributed by atoms with Crippen molar-refractivity contribution in [2.75, 3.05) is 11.9 Å². The number of fused-ring (bicyclic) bond motifs is 1. The molecule has 0 aliphatic carbocycles. The molecule has 0 unspecified atom stereocenters. The molecule has 2 rings (SSSR count). The fraction of sp³-hybridized carbons (Fsp3) is 0.300. The predicted octanol–water partition coefficient (Wildman–Crippen LogP) is 2.41. The summed E-state index contributed by atoms with van der Waals surface area (Å²) in [4.78, 5) is 1.13. The van der Waals surface area contributed by atoms with Crippen LogP contribution in [0.2, 0.25) is 0 Å². The van der Waals surface area contributed by atoms with Crippen LogP contribution in [0.4, 0.5) is 5.69 Å². The van der Waals surface area contributed by atoms with Crippen molar-refractivity contribution in [3.05, 3.63) is 29.8 Å². The van der Waals surface area contributed by atoms with Gasteiger partial charge >= 0.3 is 0 Å². The van der Waals surface area contributed by atoms with Crippen molar-refractivity contribution in [1.82, 2.24) is 0 Å². The molecule has 0 bridgehead atoms. The fourth-order valence-electron chi connectivity index (χ4n) is 1.47. The van der Waals surface area contributed by atoms with Crippen LogP contribution in [0.3, 0.4) is 0 Å². The number of rotatable bonds is 0. The SMILES string of the molecule is S=C1CCc2ccccc2NC1. The molecule has 1 N–H and O–H groups in total. The van der Waals surface area contributed by atoms with Crippen molar-refractivity contribution in [2.24, 2.45) is 0 Å². The molecule has 1 heterocycles. The number of thiocarbonyl (C=S) groups is 1. The van der Waals surface area contributed by atoms with E-state index in [0.29, 0.717) is 0 Å². The highest BCUT2D eigenvalue weighted by molar-refractivity contribution is 7.80. The highest BCUT2D eigenvalue weighted by atomic mass is 32.1. The van der Waals surface area contributed by atoms with Crippen LogP contribution in [0.5, 0.6) is 0 Å². The maximum atomic E-state index is 5.18. The molecular weight excluding hydrogens is 166 g/mol. The Morgan fingerprint density at radius 3 is 2.92 bits per heavy atom. The Hall–Kier alpha value is -0.890. The minimum absolute atomic E-state index is 0.854. The van der Waals surface area contributed by atoms with Crippen LogP contribution in [0.15, 0.2) is 24.3 Å². The lowest BCUT2D eigenvalue weighted by Crippen LogP contribution is -2.08. The Balaban J connectivity index is 2.32. The summed E-state index contributed by atoms with van der Waals surface area (Å²) in [6, 6.07) is 8.41. The van der Waals surface area contributed by atoms with E-state index in [2.05, 4.69) is 29.6 Å². The van der Waals surface area contributed by atoms with Crippen LogP contribution < -0.4 is 5.32 Å². The maximum Gasteiger partial charge on any atom is 0.0464 e. The topological polar surface area (TPSA) is 12.0 Å². The highest BCUT2D eigenvalue weighted by Gasteiger charge is 2.07. The highest BCUT2D eigenvalue weighted by Crippen LogP contribution is 2.19. The second kappa shape index (κ2) is 3.23. The average Bonchev–Trinajstić information content (AvgIpc) is 2.29. The van der Waals surface area contributed by atoms with Crippen LogP contribution in [-0.4, -0.2) is 11.4 Å². The molecule has 2 heteroatoms. The minimum Gasteiger partial charge on any atom is -0.380 e. The van der Waals surface area contributed by atoms with E-state index in [0.717, 1.165) is 24.3 Å².